The molecule has 12 nitrogen and oxygen atoms in total. The molecule has 1 aliphatic carbocycles. The fraction of sp³-hybridized carbons (Fsp3) is 0.487. The van der Waals surface area contributed by atoms with Gasteiger partial charge in [0.05, 0.1) is 5.52 Å². The third kappa shape index (κ3) is 6.84. The summed E-state index contributed by atoms with van der Waals surface area (Å²) >= 11 is 0. The lowest BCUT2D eigenvalue weighted by Gasteiger charge is -2.28. The predicted octanol–water partition coefficient (Wildman–Crippen LogP) is 5.78. The van der Waals surface area contributed by atoms with Gasteiger partial charge in [0.1, 0.15) is 35.6 Å². The maximum Gasteiger partial charge on any atom is 0.433 e. The van der Waals surface area contributed by atoms with E-state index < -0.39 is 41.2 Å². The molecule has 2 N–H and O–H groups in total. The molecule has 5 heterocycles. The first kappa shape index (κ1) is 37.1. The van der Waals surface area contributed by atoms with Crippen LogP contribution in [0.2, 0.25) is 0 Å². The number of rotatable bonds is 4. The molecule has 7 rings (SSSR count). The maximum atomic E-state index is 14.6. The molecular weight excluding hydrogens is 701 g/mol. The normalized spacial score (nSPS) is 26.2. The average molecular weight is 745 g/mol. The van der Waals surface area contributed by atoms with E-state index in [1.165, 1.54) is 17.9 Å². The molecule has 0 spiro atoms. The number of nitrogens with one attached hydrogen (secondary N) is 2. The van der Waals surface area contributed by atoms with Crippen molar-refractivity contribution in [2.45, 2.75) is 91.5 Å². The number of aromatic nitrogens is 5. The molecule has 1 saturated heterocycles. The number of benzene rings is 1. The molecule has 1 aromatic carbocycles. The van der Waals surface area contributed by atoms with E-state index in [0.29, 0.717) is 36.0 Å². The number of amides is 3. The maximum absolute atomic E-state index is 14.6. The summed E-state index contributed by atoms with van der Waals surface area (Å²) in [6, 6.07) is 5.62. The zero-order chi connectivity index (χ0) is 38.7. The summed E-state index contributed by atoms with van der Waals surface area (Å²) in [5, 5.41) is 10.9. The van der Waals surface area contributed by atoms with Crippen LogP contribution in [0.3, 0.4) is 0 Å². The zero-order valence-electron chi connectivity index (χ0n) is 30.8. The van der Waals surface area contributed by atoms with E-state index >= 15 is 0 Å². The van der Waals surface area contributed by atoms with Gasteiger partial charge in [-0.1, -0.05) is 26.8 Å². The van der Waals surface area contributed by atoms with E-state index in [-0.39, 0.29) is 60.5 Å². The first-order valence-electron chi connectivity index (χ1n) is 18.3. The van der Waals surface area contributed by atoms with Crippen LogP contribution in [-0.4, -0.2) is 71.8 Å². The molecule has 2 aliphatic heterocycles. The fourth-order valence-corrected chi connectivity index (χ4v) is 8.46. The number of hydrogen-bond donors (Lipinski definition) is 2. The van der Waals surface area contributed by atoms with Crippen molar-refractivity contribution < 1.29 is 32.3 Å². The lowest BCUT2D eigenvalue weighted by atomic mass is 9.86. The number of aryl methyl sites for hydroxylation is 2. The predicted molar refractivity (Wildman–Crippen MR) is 193 cm³/mol. The lowest BCUT2D eigenvalue weighted by Crippen LogP contribution is -2.47. The molecule has 1 saturated carbocycles. The van der Waals surface area contributed by atoms with Gasteiger partial charge in [-0.15, -0.1) is 0 Å². The fourth-order valence-electron chi connectivity index (χ4n) is 8.46. The summed E-state index contributed by atoms with van der Waals surface area (Å²) in [6.07, 6.45) is 1.26. The van der Waals surface area contributed by atoms with Gasteiger partial charge in [0.15, 0.2) is 5.78 Å². The summed E-state index contributed by atoms with van der Waals surface area (Å²) < 4.78 is 41.9. The number of carbonyl (C=O) groups is 4. The monoisotopic (exact) mass is 744 g/mol. The SMILES string of the molecule is CC(=O)c1nn2c3c(cc(-c4cnc(C)nc4)cc13)CCC(C)C(C)CCC(=O)NC[C@@]13C[C@@H](C(=O)Nc4cccc(C(F)(F)F)n4)N(C(=O)C2)[C@@H]1[C@@H]3C. The van der Waals surface area contributed by atoms with E-state index in [0.717, 1.165) is 35.2 Å². The molecule has 284 valence electrons. The first-order chi connectivity index (χ1) is 25.6. The highest BCUT2D eigenvalue weighted by molar-refractivity contribution is 6.07. The number of carbonyl (C=O) groups excluding carboxylic acids is 4. The second kappa shape index (κ2) is 13.9. The number of nitrogens with zero attached hydrogens (tertiary/aromatic N) is 6. The van der Waals surface area contributed by atoms with E-state index in [1.54, 1.807) is 24.0 Å². The van der Waals surface area contributed by atoms with Crippen molar-refractivity contribution in [3.63, 3.8) is 0 Å². The number of piperidine rings is 1. The van der Waals surface area contributed by atoms with Crippen LogP contribution in [0.5, 0.6) is 0 Å². The van der Waals surface area contributed by atoms with Gasteiger partial charge in [0, 0.05) is 54.7 Å². The Kier molecular flexibility index (Phi) is 9.55. The standard InChI is InChI=1S/C39H43F3N8O4/c1-20-9-11-25-13-26(27-16-43-24(5)44-17-27)14-28-34(23(4)51)48-49(35(25)28)18-33(53)50-29(37(54)47-31-8-6-7-30(46-31)39(40,41)42)15-38(22(3)36(38)50)19-45-32(52)12-10-21(20)2/h6-8,13-14,16-17,20-22,29,36H,9-12,15,18-19H2,1-5H3,(H,45,52)(H,46,47,54)/t20?,21?,22-,29-,36+,38+/m0/s1. The Morgan fingerprint density at radius 1 is 1.00 bits per heavy atom. The van der Waals surface area contributed by atoms with E-state index in [4.69, 9.17) is 5.10 Å². The number of halogens is 3. The number of ketones is 1. The molecule has 0 radical (unpaired) electrons. The number of pyridine rings is 1. The van der Waals surface area contributed by atoms with Gasteiger partial charge in [0.25, 0.3) is 0 Å². The highest BCUT2D eigenvalue weighted by atomic mass is 19.4. The minimum atomic E-state index is -4.72. The van der Waals surface area contributed by atoms with Gasteiger partial charge < -0.3 is 15.5 Å². The van der Waals surface area contributed by atoms with Crippen LogP contribution >= 0.6 is 0 Å². The molecule has 6 atom stereocenters. The second-order valence-electron chi connectivity index (χ2n) is 15.3. The highest BCUT2D eigenvalue weighted by Crippen LogP contribution is 2.64. The van der Waals surface area contributed by atoms with Crippen LogP contribution in [-0.2, 0) is 33.5 Å². The van der Waals surface area contributed by atoms with Crippen LogP contribution in [0.15, 0.2) is 42.7 Å². The van der Waals surface area contributed by atoms with Crippen LogP contribution in [0.4, 0.5) is 19.0 Å². The third-order valence-corrected chi connectivity index (χ3v) is 11.9. The first-order valence-corrected chi connectivity index (χ1v) is 18.3. The van der Waals surface area contributed by atoms with Gasteiger partial charge >= 0.3 is 6.18 Å². The Morgan fingerprint density at radius 2 is 1.70 bits per heavy atom. The molecule has 2 unspecified atom stereocenters. The molecule has 2 bridgehead atoms. The molecule has 15 heteroatoms. The second-order valence-corrected chi connectivity index (χ2v) is 15.3. The molecule has 3 aliphatic rings. The van der Waals surface area contributed by atoms with Gasteiger partial charge in [-0.25, -0.2) is 15.0 Å². The van der Waals surface area contributed by atoms with Crippen molar-refractivity contribution in [1.82, 2.24) is 34.9 Å². The smallest absolute Gasteiger partial charge is 0.355 e. The van der Waals surface area contributed by atoms with E-state index in [2.05, 4.69) is 39.4 Å². The Hall–Kier alpha value is -5.21. The number of alkyl halides is 3. The molecule has 3 amide bonds. The number of Topliss-reactive ketones (excluding diaryl/α,β-unsaturated/α-hetero) is 1. The molecular formula is C39H43F3N8O4. The Balaban J connectivity index is 1.31. The lowest BCUT2D eigenvalue weighted by molar-refractivity contribution is -0.141. The quantitative estimate of drug-likeness (QED) is 0.250. The minimum absolute atomic E-state index is 0.0766. The highest BCUT2D eigenvalue weighted by Gasteiger charge is 2.72. The van der Waals surface area contributed by atoms with Crippen molar-refractivity contribution in [2.24, 2.45) is 23.2 Å². The molecule has 54 heavy (non-hydrogen) atoms. The third-order valence-electron chi connectivity index (χ3n) is 11.9. The van der Waals surface area contributed by atoms with Gasteiger partial charge in [0.2, 0.25) is 17.7 Å². The van der Waals surface area contributed by atoms with Crippen molar-refractivity contribution in [1.29, 1.82) is 0 Å². The molecule has 4 aromatic rings. The Morgan fingerprint density at radius 3 is 2.39 bits per heavy atom. The molecule has 2 fully saturated rings. The summed E-state index contributed by atoms with van der Waals surface area (Å²) in [4.78, 5) is 68.6. The van der Waals surface area contributed by atoms with Crippen molar-refractivity contribution in [3.05, 3.63) is 65.5 Å². The van der Waals surface area contributed by atoms with Crippen LogP contribution in [0.1, 0.15) is 80.9 Å². The zero-order valence-corrected chi connectivity index (χ0v) is 30.8. The summed E-state index contributed by atoms with van der Waals surface area (Å²) in [5.74, 6) is -0.802. The Labute approximate surface area is 310 Å². The molecule has 3 aromatic heterocycles. The van der Waals surface area contributed by atoms with Gasteiger partial charge in [-0.05, 0) is 85.8 Å². The minimum Gasteiger partial charge on any atom is -0.355 e. The number of anilines is 1. The number of hydrogen-bond acceptors (Lipinski definition) is 8. The summed E-state index contributed by atoms with van der Waals surface area (Å²) in [5.41, 5.74) is 1.49. The van der Waals surface area contributed by atoms with Gasteiger partial charge in [-0.3, -0.25) is 23.9 Å². The Bertz CT molecular complexity index is 2150. The van der Waals surface area contributed by atoms with Crippen LogP contribution in [0, 0.1) is 30.1 Å². The summed E-state index contributed by atoms with van der Waals surface area (Å²) in [7, 11) is 0. The van der Waals surface area contributed by atoms with Gasteiger partial charge in [-0.2, -0.15) is 18.3 Å². The van der Waals surface area contributed by atoms with E-state index in [9.17, 15) is 32.3 Å². The van der Waals surface area contributed by atoms with Crippen molar-refractivity contribution in [3.8, 4) is 11.1 Å². The van der Waals surface area contributed by atoms with Crippen molar-refractivity contribution >= 4 is 40.2 Å². The van der Waals surface area contributed by atoms with Crippen LogP contribution in [0.25, 0.3) is 22.0 Å². The topological polar surface area (TPSA) is 152 Å². The largest absolute Gasteiger partial charge is 0.433 e. The average Bonchev–Trinajstić information content (AvgIpc) is 3.39. The summed E-state index contributed by atoms with van der Waals surface area (Å²) in [6.45, 7) is 9.42. The van der Waals surface area contributed by atoms with Crippen LogP contribution < -0.4 is 10.6 Å². The van der Waals surface area contributed by atoms with Crippen molar-refractivity contribution in [2.75, 3.05) is 11.9 Å². The van der Waals surface area contributed by atoms with E-state index in [1.807, 2.05) is 19.1 Å².